The third kappa shape index (κ3) is 7.88. The van der Waals surface area contributed by atoms with Crippen molar-refractivity contribution in [2.45, 2.75) is 58.5 Å². The number of rotatable bonds is 11. The standard InChI is InChI=1S/C20H31N5/c1-2-3-4-5-6-7-11-23-20(21)24-15-18-9-8-10-19(14-18)16-25-13-12-22-17-25/h8-10,12-14,17H,2-7,11,15-16H2,1H3,(H3,21,23,24). The molecule has 0 unspecified atom stereocenters. The van der Waals surface area contributed by atoms with E-state index in [0.29, 0.717) is 12.5 Å². The van der Waals surface area contributed by atoms with E-state index in [1.54, 1.807) is 6.20 Å². The van der Waals surface area contributed by atoms with Crippen LogP contribution in [0.1, 0.15) is 56.6 Å². The van der Waals surface area contributed by atoms with Crippen molar-refractivity contribution >= 4 is 5.96 Å². The van der Waals surface area contributed by atoms with Gasteiger partial charge in [-0.15, -0.1) is 0 Å². The highest BCUT2D eigenvalue weighted by molar-refractivity contribution is 5.77. The Kier molecular flexibility index (Phi) is 8.59. The summed E-state index contributed by atoms with van der Waals surface area (Å²) in [6, 6.07) is 8.44. The molecule has 0 amide bonds. The maximum Gasteiger partial charge on any atom is 0.188 e. The molecule has 0 atom stereocenters. The van der Waals surface area contributed by atoms with Gasteiger partial charge in [0.05, 0.1) is 12.9 Å². The Hall–Kier alpha value is -2.30. The third-order valence-corrected chi connectivity index (χ3v) is 4.18. The van der Waals surface area contributed by atoms with E-state index in [0.717, 1.165) is 19.5 Å². The van der Waals surface area contributed by atoms with E-state index >= 15 is 0 Å². The van der Waals surface area contributed by atoms with E-state index < -0.39 is 0 Å². The molecule has 2 aromatic rings. The Morgan fingerprint density at radius 3 is 2.76 bits per heavy atom. The highest BCUT2D eigenvalue weighted by Crippen LogP contribution is 2.08. The van der Waals surface area contributed by atoms with Gasteiger partial charge in [-0.05, 0) is 17.5 Å². The van der Waals surface area contributed by atoms with Crippen molar-refractivity contribution in [3.05, 3.63) is 54.1 Å². The Labute approximate surface area is 151 Å². The zero-order chi connectivity index (χ0) is 17.7. The van der Waals surface area contributed by atoms with Crippen molar-refractivity contribution < 1.29 is 0 Å². The van der Waals surface area contributed by atoms with Crippen LogP contribution in [0.3, 0.4) is 0 Å². The molecule has 0 saturated heterocycles. The second-order valence-corrected chi connectivity index (χ2v) is 6.45. The van der Waals surface area contributed by atoms with E-state index in [2.05, 4.69) is 51.0 Å². The fourth-order valence-electron chi connectivity index (χ4n) is 2.77. The number of nitrogens with two attached hydrogens (primary N) is 1. The maximum atomic E-state index is 5.96. The number of aromatic nitrogens is 2. The molecule has 5 nitrogen and oxygen atoms in total. The predicted octanol–water partition coefficient (Wildman–Crippen LogP) is 3.70. The van der Waals surface area contributed by atoms with Crippen molar-refractivity contribution in [3.63, 3.8) is 0 Å². The molecule has 25 heavy (non-hydrogen) atoms. The van der Waals surface area contributed by atoms with Crippen molar-refractivity contribution in [2.24, 2.45) is 10.7 Å². The number of imidazole rings is 1. The Bertz CT molecular complexity index is 619. The first-order chi connectivity index (χ1) is 12.3. The van der Waals surface area contributed by atoms with Crippen LogP contribution >= 0.6 is 0 Å². The normalized spacial score (nSPS) is 11.6. The first kappa shape index (κ1) is 19.0. The summed E-state index contributed by atoms with van der Waals surface area (Å²) < 4.78 is 2.05. The average Bonchev–Trinajstić information content (AvgIpc) is 3.12. The van der Waals surface area contributed by atoms with Gasteiger partial charge < -0.3 is 15.6 Å². The van der Waals surface area contributed by atoms with Crippen LogP contribution in [0.15, 0.2) is 48.0 Å². The van der Waals surface area contributed by atoms with Gasteiger partial charge in [-0.3, -0.25) is 0 Å². The lowest BCUT2D eigenvalue weighted by Gasteiger charge is -2.07. The van der Waals surface area contributed by atoms with Gasteiger partial charge in [-0.2, -0.15) is 0 Å². The molecule has 1 aromatic carbocycles. The zero-order valence-electron chi connectivity index (χ0n) is 15.3. The van der Waals surface area contributed by atoms with Gasteiger partial charge in [0.1, 0.15) is 0 Å². The van der Waals surface area contributed by atoms with Gasteiger partial charge in [0, 0.05) is 25.5 Å². The van der Waals surface area contributed by atoms with E-state index in [9.17, 15) is 0 Å². The number of hydrogen-bond donors (Lipinski definition) is 2. The smallest absolute Gasteiger partial charge is 0.188 e. The van der Waals surface area contributed by atoms with Gasteiger partial charge >= 0.3 is 0 Å². The molecule has 1 heterocycles. The predicted molar refractivity (Wildman–Crippen MR) is 104 cm³/mol. The lowest BCUT2D eigenvalue weighted by molar-refractivity contribution is 0.601. The minimum absolute atomic E-state index is 0.536. The fourth-order valence-corrected chi connectivity index (χ4v) is 2.77. The van der Waals surface area contributed by atoms with Crippen LogP contribution in [0.5, 0.6) is 0 Å². The Morgan fingerprint density at radius 2 is 1.96 bits per heavy atom. The van der Waals surface area contributed by atoms with E-state index in [1.165, 1.54) is 43.2 Å². The molecule has 0 aliphatic heterocycles. The van der Waals surface area contributed by atoms with Crippen LogP contribution in [0.4, 0.5) is 0 Å². The summed E-state index contributed by atoms with van der Waals surface area (Å²) >= 11 is 0. The molecule has 136 valence electrons. The summed E-state index contributed by atoms with van der Waals surface area (Å²) in [5.41, 5.74) is 8.37. The van der Waals surface area contributed by atoms with Crippen LogP contribution < -0.4 is 11.1 Å². The quantitative estimate of drug-likeness (QED) is 0.372. The van der Waals surface area contributed by atoms with Crippen LogP contribution in [0.2, 0.25) is 0 Å². The van der Waals surface area contributed by atoms with Crippen molar-refractivity contribution in [1.29, 1.82) is 0 Å². The molecule has 0 aliphatic carbocycles. The van der Waals surface area contributed by atoms with Crippen LogP contribution in [-0.2, 0) is 13.1 Å². The number of aliphatic imine (C=N–C) groups is 1. The maximum absolute atomic E-state index is 5.96. The first-order valence-electron chi connectivity index (χ1n) is 9.35. The molecular weight excluding hydrogens is 310 g/mol. The minimum atomic E-state index is 0.536. The monoisotopic (exact) mass is 341 g/mol. The van der Waals surface area contributed by atoms with Crippen molar-refractivity contribution in [3.8, 4) is 0 Å². The summed E-state index contributed by atoms with van der Waals surface area (Å²) in [6.45, 7) is 4.57. The second kappa shape index (κ2) is 11.3. The molecule has 5 heteroatoms. The van der Waals surface area contributed by atoms with Crippen LogP contribution in [0, 0.1) is 0 Å². The number of nitrogens with one attached hydrogen (secondary N) is 1. The molecule has 2 rings (SSSR count). The highest BCUT2D eigenvalue weighted by atomic mass is 15.1. The molecular formula is C20H31N5. The SMILES string of the molecule is CCCCCCCCNC(N)=NCc1cccc(Cn2ccnc2)c1. The van der Waals surface area contributed by atoms with Gasteiger partial charge in [0.15, 0.2) is 5.96 Å². The van der Waals surface area contributed by atoms with Crippen molar-refractivity contribution in [1.82, 2.24) is 14.9 Å². The topological polar surface area (TPSA) is 68.2 Å². The number of benzene rings is 1. The summed E-state index contributed by atoms with van der Waals surface area (Å²) in [5, 5.41) is 3.21. The summed E-state index contributed by atoms with van der Waals surface area (Å²) in [7, 11) is 0. The number of unbranched alkanes of at least 4 members (excludes halogenated alkanes) is 5. The van der Waals surface area contributed by atoms with Crippen LogP contribution in [0.25, 0.3) is 0 Å². The van der Waals surface area contributed by atoms with Gasteiger partial charge in [0.2, 0.25) is 0 Å². The molecule has 3 N–H and O–H groups in total. The number of nitrogens with zero attached hydrogens (tertiary/aromatic N) is 3. The Balaban J connectivity index is 1.69. The van der Waals surface area contributed by atoms with E-state index in [1.807, 2.05) is 12.5 Å². The van der Waals surface area contributed by atoms with E-state index in [-0.39, 0.29) is 0 Å². The molecule has 0 spiro atoms. The molecule has 0 fully saturated rings. The summed E-state index contributed by atoms with van der Waals surface area (Å²) in [4.78, 5) is 8.52. The average molecular weight is 342 g/mol. The molecule has 0 saturated carbocycles. The summed E-state index contributed by atoms with van der Waals surface area (Å²) in [5.74, 6) is 0.536. The molecule has 0 radical (unpaired) electrons. The Morgan fingerprint density at radius 1 is 1.16 bits per heavy atom. The highest BCUT2D eigenvalue weighted by Gasteiger charge is 1.98. The second-order valence-electron chi connectivity index (χ2n) is 6.45. The lowest BCUT2D eigenvalue weighted by atomic mass is 10.1. The third-order valence-electron chi connectivity index (χ3n) is 4.18. The molecule has 0 bridgehead atoms. The molecule has 1 aromatic heterocycles. The largest absolute Gasteiger partial charge is 0.370 e. The number of guanidine groups is 1. The van der Waals surface area contributed by atoms with Gasteiger partial charge in [-0.1, -0.05) is 63.3 Å². The molecule has 0 aliphatic rings. The van der Waals surface area contributed by atoms with Gasteiger partial charge in [-0.25, -0.2) is 9.98 Å². The minimum Gasteiger partial charge on any atom is -0.370 e. The summed E-state index contributed by atoms with van der Waals surface area (Å²) in [6.07, 6.45) is 13.3. The first-order valence-corrected chi connectivity index (χ1v) is 9.35. The fraction of sp³-hybridized carbons (Fsp3) is 0.500. The van der Waals surface area contributed by atoms with Gasteiger partial charge in [0.25, 0.3) is 0 Å². The van der Waals surface area contributed by atoms with Crippen molar-refractivity contribution in [2.75, 3.05) is 6.54 Å². The number of hydrogen-bond acceptors (Lipinski definition) is 2. The lowest BCUT2D eigenvalue weighted by Crippen LogP contribution is -2.32. The van der Waals surface area contributed by atoms with E-state index in [4.69, 9.17) is 5.73 Å². The van der Waals surface area contributed by atoms with Crippen LogP contribution in [-0.4, -0.2) is 22.1 Å². The zero-order valence-corrected chi connectivity index (χ0v) is 15.3.